The molecule has 7 nitrogen and oxygen atoms in total. The molecule has 0 spiro atoms. The predicted octanol–water partition coefficient (Wildman–Crippen LogP) is -1.89. The highest BCUT2D eigenvalue weighted by atomic mass is 16.3. The van der Waals surface area contributed by atoms with E-state index in [9.17, 15) is 15.3 Å². The van der Waals surface area contributed by atoms with Gasteiger partial charge in [0, 0.05) is 78.6 Å². The highest BCUT2D eigenvalue weighted by molar-refractivity contribution is 4.71. The fraction of sp³-hybridized carbons (Fsp3) is 1.00. The fourth-order valence-electron chi connectivity index (χ4n) is 2.91. The highest BCUT2D eigenvalue weighted by Gasteiger charge is 2.14. The molecule has 138 valence electrons. The summed E-state index contributed by atoms with van der Waals surface area (Å²) in [5.41, 5.74) is 0. The maximum Gasteiger partial charge on any atom is 0.0558 e. The number of hydrogen-bond acceptors (Lipinski definition) is 7. The van der Waals surface area contributed by atoms with E-state index in [-0.39, 0.29) is 25.7 Å². The maximum absolute atomic E-state index is 9.28. The van der Waals surface area contributed by atoms with Gasteiger partial charge in [0.15, 0.2) is 0 Å². The Bertz CT molecular complexity index is 284. The molecule has 1 atom stereocenters. The molecule has 23 heavy (non-hydrogen) atoms. The Morgan fingerprint density at radius 2 is 1.26 bits per heavy atom. The van der Waals surface area contributed by atoms with Gasteiger partial charge in [-0.05, 0) is 5.92 Å². The van der Waals surface area contributed by atoms with Crippen molar-refractivity contribution in [1.82, 2.24) is 20.0 Å². The van der Waals surface area contributed by atoms with Crippen LogP contribution in [0.5, 0.6) is 0 Å². The molecule has 1 rings (SSSR count). The van der Waals surface area contributed by atoms with Gasteiger partial charge in [0.1, 0.15) is 0 Å². The number of nitrogens with zero attached hydrogens (tertiary/aromatic N) is 3. The standard InChI is InChI=1S/C16H36N4O3/c1-16(15-23)14-20-5-3-17-2-4-18(10-12-21)6-7-19(8-9-20)11-13-22/h16-17,21-23H,2-15H2,1H3. The first-order chi connectivity index (χ1) is 11.2. The quantitative estimate of drug-likeness (QED) is 0.434. The van der Waals surface area contributed by atoms with Gasteiger partial charge in [0.2, 0.25) is 0 Å². The summed E-state index contributed by atoms with van der Waals surface area (Å²) in [5.74, 6) is 0.286. The zero-order valence-corrected chi connectivity index (χ0v) is 14.7. The summed E-state index contributed by atoms with van der Waals surface area (Å²) in [4.78, 5) is 6.95. The van der Waals surface area contributed by atoms with Crippen LogP contribution in [0.3, 0.4) is 0 Å². The number of β-amino-alcohol motifs (C(OH)–C–C–N with tert-alkyl or cyclic N) is 2. The van der Waals surface area contributed by atoms with Crippen molar-refractivity contribution < 1.29 is 15.3 Å². The molecule has 1 fully saturated rings. The van der Waals surface area contributed by atoms with E-state index in [0.717, 1.165) is 58.9 Å². The van der Waals surface area contributed by atoms with Crippen molar-refractivity contribution in [3.8, 4) is 0 Å². The second-order valence-corrected chi connectivity index (χ2v) is 6.47. The van der Waals surface area contributed by atoms with Gasteiger partial charge in [0.25, 0.3) is 0 Å². The molecular formula is C16H36N4O3. The zero-order valence-electron chi connectivity index (χ0n) is 14.7. The van der Waals surface area contributed by atoms with E-state index in [1.807, 2.05) is 0 Å². The second kappa shape index (κ2) is 13.1. The molecule has 1 unspecified atom stereocenters. The van der Waals surface area contributed by atoms with Crippen LogP contribution in [0.25, 0.3) is 0 Å². The van der Waals surface area contributed by atoms with Gasteiger partial charge in [-0.1, -0.05) is 6.92 Å². The third kappa shape index (κ3) is 9.56. The molecule has 1 heterocycles. The van der Waals surface area contributed by atoms with Crippen LogP contribution in [0.15, 0.2) is 0 Å². The summed E-state index contributed by atoms with van der Waals surface area (Å²) in [6, 6.07) is 0. The van der Waals surface area contributed by atoms with Gasteiger partial charge in [0.05, 0.1) is 13.2 Å². The Morgan fingerprint density at radius 3 is 1.78 bits per heavy atom. The van der Waals surface area contributed by atoms with Crippen molar-refractivity contribution in [3.63, 3.8) is 0 Å². The van der Waals surface area contributed by atoms with E-state index < -0.39 is 0 Å². The minimum absolute atomic E-state index is 0.175. The average Bonchev–Trinajstić information content (AvgIpc) is 2.54. The maximum atomic E-state index is 9.28. The van der Waals surface area contributed by atoms with E-state index in [4.69, 9.17) is 0 Å². The third-order valence-corrected chi connectivity index (χ3v) is 4.39. The molecule has 1 aliphatic heterocycles. The number of rotatable bonds is 7. The number of aliphatic hydroxyl groups is 3. The molecule has 0 aromatic rings. The minimum atomic E-state index is 0.175. The Balaban J connectivity index is 2.56. The molecule has 0 aromatic heterocycles. The second-order valence-electron chi connectivity index (χ2n) is 6.47. The topological polar surface area (TPSA) is 82.4 Å². The van der Waals surface area contributed by atoms with E-state index in [2.05, 4.69) is 26.9 Å². The van der Waals surface area contributed by atoms with Crippen molar-refractivity contribution in [2.75, 3.05) is 91.8 Å². The van der Waals surface area contributed by atoms with E-state index >= 15 is 0 Å². The molecule has 1 aliphatic rings. The number of aliphatic hydroxyl groups excluding tert-OH is 3. The molecule has 1 saturated heterocycles. The molecule has 0 aromatic carbocycles. The van der Waals surface area contributed by atoms with Gasteiger partial charge in [-0.3, -0.25) is 9.80 Å². The Labute approximate surface area is 140 Å². The van der Waals surface area contributed by atoms with E-state index in [0.29, 0.717) is 13.1 Å². The average molecular weight is 332 g/mol. The van der Waals surface area contributed by atoms with Gasteiger partial charge in [-0.25, -0.2) is 0 Å². The Morgan fingerprint density at radius 1 is 0.783 bits per heavy atom. The first-order valence-corrected chi connectivity index (χ1v) is 8.90. The van der Waals surface area contributed by atoms with Crippen LogP contribution >= 0.6 is 0 Å². The molecule has 0 amide bonds. The summed E-state index contributed by atoms with van der Waals surface area (Å²) in [5, 5.41) is 31.2. The molecular weight excluding hydrogens is 296 g/mol. The lowest BCUT2D eigenvalue weighted by Gasteiger charge is -2.32. The largest absolute Gasteiger partial charge is 0.396 e. The first kappa shape index (κ1) is 20.8. The van der Waals surface area contributed by atoms with Gasteiger partial charge < -0.3 is 25.5 Å². The van der Waals surface area contributed by atoms with Gasteiger partial charge in [-0.15, -0.1) is 0 Å². The third-order valence-electron chi connectivity index (χ3n) is 4.39. The van der Waals surface area contributed by atoms with Crippen LogP contribution in [0, 0.1) is 5.92 Å². The Hall–Kier alpha value is -0.280. The minimum Gasteiger partial charge on any atom is -0.396 e. The first-order valence-electron chi connectivity index (χ1n) is 8.90. The van der Waals surface area contributed by atoms with Crippen molar-refractivity contribution in [2.45, 2.75) is 6.92 Å². The van der Waals surface area contributed by atoms with Crippen LogP contribution in [-0.2, 0) is 0 Å². The molecule has 0 radical (unpaired) electrons. The number of nitrogens with one attached hydrogen (secondary N) is 1. The lowest BCUT2D eigenvalue weighted by Crippen LogP contribution is -2.46. The summed E-state index contributed by atoms with van der Waals surface area (Å²) in [6.45, 7) is 12.4. The van der Waals surface area contributed by atoms with Crippen molar-refractivity contribution in [2.24, 2.45) is 5.92 Å². The zero-order chi connectivity index (χ0) is 16.9. The van der Waals surface area contributed by atoms with E-state index in [1.54, 1.807) is 0 Å². The summed E-state index contributed by atoms with van der Waals surface area (Å²) >= 11 is 0. The van der Waals surface area contributed by atoms with Crippen LogP contribution < -0.4 is 5.32 Å². The van der Waals surface area contributed by atoms with Crippen molar-refractivity contribution in [3.05, 3.63) is 0 Å². The molecule has 0 bridgehead atoms. The molecule has 7 heteroatoms. The lowest BCUT2D eigenvalue weighted by molar-refractivity contribution is 0.122. The monoisotopic (exact) mass is 332 g/mol. The van der Waals surface area contributed by atoms with Crippen molar-refractivity contribution >= 4 is 0 Å². The SMILES string of the molecule is CC(CO)CN1CCNCCN(CCO)CCN(CCO)CC1. The molecule has 0 aliphatic carbocycles. The predicted molar refractivity (Wildman–Crippen MR) is 92.6 cm³/mol. The van der Waals surface area contributed by atoms with Crippen LogP contribution in [0.4, 0.5) is 0 Å². The summed E-state index contributed by atoms with van der Waals surface area (Å²) in [6.07, 6.45) is 0. The smallest absolute Gasteiger partial charge is 0.0558 e. The van der Waals surface area contributed by atoms with Gasteiger partial charge in [-0.2, -0.15) is 0 Å². The highest BCUT2D eigenvalue weighted by Crippen LogP contribution is 2.01. The summed E-state index contributed by atoms with van der Waals surface area (Å²) < 4.78 is 0. The Kier molecular flexibility index (Phi) is 11.8. The molecule has 0 saturated carbocycles. The number of hydrogen-bond donors (Lipinski definition) is 4. The fourth-order valence-corrected chi connectivity index (χ4v) is 2.91. The van der Waals surface area contributed by atoms with E-state index in [1.165, 1.54) is 0 Å². The van der Waals surface area contributed by atoms with Crippen LogP contribution in [-0.4, -0.2) is 122 Å². The molecule has 4 N–H and O–H groups in total. The summed E-state index contributed by atoms with van der Waals surface area (Å²) in [7, 11) is 0. The van der Waals surface area contributed by atoms with Gasteiger partial charge >= 0.3 is 0 Å². The lowest BCUT2D eigenvalue weighted by atomic mass is 10.2. The van der Waals surface area contributed by atoms with Crippen LogP contribution in [0.2, 0.25) is 0 Å². The van der Waals surface area contributed by atoms with Crippen molar-refractivity contribution in [1.29, 1.82) is 0 Å². The normalized spacial score (nSPS) is 22.4. The van der Waals surface area contributed by atoms with Crippen LogP contribution in [0.1, 0.15) is 6.92 Å².